The van der Waals surface area contributed by atoms with Crippen molar-refractivity contribution in [1.29, 1.82) is 0 Å². The summed E-state index contributed by atoms with van der Waals surface area (Å²) in [7, 11) is 0. The summed E-state index contributed by atoms with van der Waals surface area (Å²) in [4.78, 5) is 2.55. The van der Waals surface area contributed by atoms with Crippen LogP contribution < -0.4 is 0 Å². The molecule has 0 aliphatic heterocycles. The Kier molecular flexibility index (Phi) is 5.44. The van der Waals surface area contributed by atoms with E-state index in [2.05, 4.69) is 41.9 Å². The minimum atomic E-state index is -0.0755. The quantitative estimate of drug-likeness (QED) is 0.792. The van der Waals surface area contributed by atoms with Gasteiger partial charge in [-0.1, -0.05) is 30.9 Å². The largest absolute Gasteiger partial charge is 0.384 e. The van der Waals surface area contributed by atoms with Crippen molar-refractivity contribution in [3.8, 4) is 11.8 Å². The van der Waals surface area contributed by atoms with Crippen molar-refractivity contribution in [1.82, 2.24) is 4.90 Å². The van der Waals surface area contributed by atoms with Crippen molar-refractivity contribution in [2.75, 3.05) is 19.7 Å². The molecule has 1 aromatic rings. The summed E-state index contributed by atoms with van der Waals surface area (Å²) in [5, 5.41) is 8.74. The van der Waals surface area contributed by atoms with Crippen molar-refractivity contribution in [2.24, 2.45) is 5.92 Å². The molecule has 0 heterocycles. The fourth-order valence-electron chi connectivity index (χ4n) is 2.36. The van der Waals surface area contributed by atoms with E-state index in [9.17, 15) is 0 Å². The predicted molar refractivity (Wildman–Crippen MR) is 78.7 cm³/mol. The molecule has 2 nitrogen and oxygen atoms in total. The Morgan fingerprint density at radius 3 is 2.89 bits per heavy atom. The monoisotopic (exact) mass is 257 g/mol. The van der Waals surface area contributed by atoms with Crippen LogP contribution in [0.15, 0.2) is 24.3 Å². The second-order valence-corrected chi connectivity index (χ2v) is 5.34. The van der Waals surface area contributed by atoms with Crippen LogP contribution >= 0.6 is 0 Å². The average Bonchev–Trinajstić information content (AvgIpc) is 3.21. The molecule has 0 radical (unpaired) electrons. The Bertz CT molecular complexity index is 454. The van der Waals surface area contributed by atoms with Crippen LogP contribution in [0.4, 0.5) is 0 Å². The number of nitrogens with zero attached hydrogens (tertiary/aromatic N) is 1. The lowest BCUT2D eigenvalue weighted by Gasteiger charge is -2.21. The summed E-state index contributed by atoms with van der Waals surface area (Å²) in [6.45, 7) is 5.58. The zero-order chi connectivity index (χ0) is 13.5. The van der Waals surface area contributed by atoms with Crippen LogP contribution in [0.2, 0.25) is 0 Å². The minimum Gasteiger partial charge on any atom is -0.384 e. The summed E-state index contributed by atoms with van der Waals surface area (Å²) in [5.41, 5.74) is 2.31. The Balaban J connectivity index is 1.98. The molecule has 1 fully saturated rings. The van der Waals surface area contributed by atoms with E-state index in [0.29, 0.717) is 0 Å². The molecular formula is C17H23NO. The van der Waals surface area contributed by atoms with Gasteiger partial charge in [0.05, 0.1) is 0 Å². The van der Waals surface area contributed by atoms with Crippen molar-refractivity contribution in [3.63, 3.8) is 0 Å². The highest BCUT2D eigenvalue weighted by atomic mass is 16.2. The molecule has 0 unspecified atom stereocenters. The number of benzene rings is 1. The molecular weight excluding hydrogens is 234 g/mol. The molecule has 2 rings (SSSR count). The highest BCUT2D eigenvalue weighted by molar-refractivity contribution is 5.37. The maximum absolute atomic E-state index is 8.74. The molecule has 0 bridgehead atoms. The summed E-state index contributed by atoms with van der Waals surface area (Å²) in [6, 6.07) is 8.35. The third-order valence-corrected chi connectivity index (χ3v) is 3.40. The Hall–Kier alpha value is -1.30. The maximum atomic E-state index is 8.74. The number of hydrogen-bond acceptors (Lipinski definition) is 2. The van der Waals surface area contributed by atoms with Crippen molar-refractivity contribution in [2.45, 2.75) is 32.7 Å². The van der Waals surface area contributed by atoms with Gasteiger partial charge in [-0.15, -0.1) is 0 Å². The molecule has 0 spiro atoms. The van der Waals surface area contributed by atoms with E-state index in [1.165, 1.54) is 37.9 Å². The fourth-order valence-corrected chi connectivity index (χ4v) is 2.36. The van der Waals surface area contributed by atoms with Crippen LogP contribution in [0.5, 0.6) is 0 Å². The molecule has 1 aliphatic rings. The van der Waals surface area contributed by atoms with E-state index < -0.39 is 0 Å². The molecule has 19 heavy (non-hydrogen) atoms. The highest BCUT2D eigenvalue weighted by Gasteiger charge is 2.23. The van der Waals surface area contributed by atoms with Gasteiger partial charge in [-0.2, -0.15) is 0 Å². The second kappa shape index (κ2) is 7.33. The third-order valence-electron chi connectivity index (χ3n) is 3.40. The molecule has 1 N–H and O–H groups in total. The molecule has 0 saturated heterocycles. The zero-order valence-corrected chi connectivity index (χ0v) is 11.7. The first-order chi connectivity index (χ1) is 9.31. The van der Waals surface area contributed by atoms with Crippen molar-refractivity contribution < 1.29 is 5.11 Å². The molecule has 1 aliphatic carbocycles. The maximum Gasteiger partial charge on any atom is 0.104 e. The SMILES string of the molecule is CCCN(Cc1cccc(C#CCO)c1)CC1CC1. The predicted octanol–water partition coefficient (Wildman–Crippen LogP) is 2.65. The lowest BCUT2D eigenvalue weighted by Crippen LogP contribution is -2.26. The molecule has 2 heteroatoms. The Labute approximate surface area is 116 Å². The lowest BCUT2D eigenvalue weighted by molar-refractivity contribution is 0.255. The van der Waals surface area contributed by atoms with Gasteiger partial charge in [-0.05, 0) is 49.4 Å². The van der Waals surface area contributed by atoms with Gasteiger partial charge in [-0.3, -0.25) is 4.90 Å². The molecule has 0 amide bonds. The standard InChI is InChI=1S/C17H23NO/c1-2-10-18(13-16-8-9-16)14-17-6-3-5-15(12-17)7-4-11-19/h3,5-6,12,16,19H,2,8-11,13-14H2,1H3. The van der Waals surface area contributed by atoms with Crippen LogP contribution in [0, 0.1) is 17.8 Å². The van der Waals surface area contributed by atoms with Crippen LogP contribution in [0.25, 0.3) is 0 Å². The number of rotatable bonds is 6. The molecule has 102 valence electrons. The van der Waals surface area contributed by atoms with Gasteiger partial charge in [0, 0.05) is 18.7 Å². The third kappa shape index (κ3) is 5.06. The van der Waals surface area contributed by atoms with E-state index in [1.54, 1.807) is 0 Å². The van der Waals surface area contributed by atoms with E-state index in [0.717, 1.165) is 18.0 Å². The van der Waals surface area contributed by atoms with Crippen molar-refractivity contribution >= 4 is 0 Å². The molecule has 1 aromatic carbocycles. The number of aliphatic hydroxyl groups is 1. The number of aliphatic hydroxyl groups excluding tert-OH is 1. The first-order valence-electron chi connectivity index (χ1n) is 7.23. The summed E-state index contributed by atoms with van der Waals surface area (Å²) in [5.74, 6) is 6.61. The van der Waals surface area contributed by atoms with E-state index in [4.69, 9.17) is 5.11 Å². The van der Waals surface area contributed by atoms with Crippen LogP contribution in [-0.2, 0) is 6.54 Å². The average molecular weight is 257 g/mol. The Morgan fingerprint density at radius 2 is 2.21 bits per heavy atom. The molecule has 0 aromatic heterocycles. The van der Waals surface area contributed by atoms with Gasteiger partial charge in [0.1, 0.15) is 6.61 Å². The molecule has 0 atom stereocenters. The second-order valence-electron chi connectivity index (χ2n) is 5.34. The first kappa shape index (κ1) is 14.1. The summed E-state index contributed by atoms with van der Waals surface area (Å²) >= 11 is 0. The first-order valence-corrected chi connectivity index (χ1v) is 7.23. The highest BCUT2D eigenvalue weighted by Crippen LogP contribution is 2.30. The zero-order valence-electron chi connectivity index (χ0n) is 11.7. The summed E-state index contributed by atoms with van der Waals surface area (Å²) in [6.07, 6.45) is 4.02. The van der Waals surface area contributed by atoms with Crippen molar-refractivity contribution in [3.05, 3.63) is 35.4 Å². The molecule has 1 saturated carbocycles. The van der Waals surface area contributed by atoms with Gasteiger partial charge >= 0.3 is 0 Å². The van der Waals surface area contributed by atoms with E-state index in [1.807, 2.05) is 6.07 Å². The van der Waals surface area contributed by atoms with E-state index in [-0.39, 0.29) is 6.61 Å². The van der Waals surface area contributed by atoms with E-state index >= 15 is 0 Å². The van der Waals surface area contributed by atoms with Crippen LogP contribution in [-0.4, -0.2) is 29.7 Å². The van der Waals surface area contributed by atoms with Gasteiger partial charge in [0.15, 0.2) is 0 Å². The number of hydrogen-bond donors (Lipinski definition) is 1. The smallest absolute Gasteiger partial charge is 0.104 e. The van der Waals surface area contributed by atoms with Crippen LogP contribution in [0.3, 0.4) is 0 Å². The van der Waals surface area contributed by atoms with Gasteiger partial charge in [0.25, 0.3) is 0 Å². The Morgan fingerprint density at radius 1 is 1.37 bits per heavy atom. The van der Waals surface area contributed by atoms with Gasteiger partial charge < -0.3 is 5.11 Å². The lowest BCUT2D eigenvalue weighted by atomic mass is 10.1. The van der Waals surface area contributed by atoms with Gasteiger partial charge in [-0.25, -0.2) is 0 Å². The minimum absolute atomic E-state index is 0.0755. The summed E-state index contributed by atoms with van der Waals surface area (Å²) < 4.78 is 0. The topological polar surface area (TPSA) is 23.5 Å². The van der Waals surface area contributed by atoms with Gasteiger partial charge in [0.2, 0.25) is 0 Å². The normalized spacial score (nSPS) is 14.3. The van der Waals surface area contributed by atoms with Crippen LogP contribution in [0.1, 0.15) is 37.3 Å². The fraction of sp³-hybridized carbons (Fsp3) is 0.529.